The molecule has 20 heavy (non-hydrogen) atoms. The second-order valence-electron chi connectivity index (χ2n) is 4.46. The van der Waals surface area contributed by atoms with Crippen LogP contribution in [0.2, 0.25) is 0 Å². The zero-order chi connectivity index (χ0) is 14.9. The van der Waals surface area contributed by atoms with Crippen molar-refractivity contribution in [2.24, 2.45) is 0 Å². The maximum atomic E-state index is 11.8. The number of nitrogens with zero attached hydrogens (tertiary/aromatic N) is 2. The van der Waals surface area contributed by atoms with Crippen LogP contribution in [0.25, 0.3) is 0 Å². The molecule has 0 saturated carbocycles. The van der Waals surface area contributed by atoms with E-state index in [4.69, 9.17) is 5.73 Å². The van der Waals surface area contributed by atoms with Gasteiger partial charge in [-0.25, -0.2) is 8.42 Å². The van der Waals surface area contributed by atoms with Gasteiger partial charge < -0.3 is 10.6 Å². The van der Waals surface area contributed by atoms with Gasteiger partial charge in [0.2, 0.25) is 0 Å². The van der Waals surface area contributed by atoms with Gasteiger partial charge in [-0.3, -0.25) is 0 Å². The summed E-state index contributed by atoms with van der Waals surface area (Å²) in [7, 11) is -1.57. The number of halogens is 1. The molecule has 8 heteroatoms. The van der Waals surface area contributed by atoms with Crippen LogP contribution in [0.1, 0.15) is 5.56 Å². The Bertz CT molecular complexity index is 711. The van der Waals surface area contributed by atoms with Crippen molar-refractivity contribution in [1.82, 2.24) is 4.37 Å². The van der Waals surface area contributed by atoms with Crippen molar-refractivity contribution in [3.05, 3.63) is 34.3 Å². The van der Waals surface area contributed by atoms with Crippen molar-refractivity contribution < 1.29 is 8.42 Å². The first kappa shape index (κ1) is 15.3. The lowest BCUT2D eigenvalue weighted by atomic mass is 10.2. The summed E-state index contributed by atoms with van der Waals surface area (Å²) >= 11 is 4.48. The quantitative estimate of drug-likeness (QED) is 0.888. The smallest absolute Gasteiger partial charge is 0.182 e. The summed E-state index contributed by atoms with van der Waals surface area (Å²) in [6, 6.07) is 7.85. The number of hydrogen-bond donors (Lipinski definition) is 1. The number of sulfone groups is 1. The van der Waals surface area contributed by atoms with Gasteiger partial charge in [0.1, 0.15) is 9.90 Å². The Hall–Kier alpha value is -1.12. The molecule has 2 aromatic rings. The highest BCUT2D eigenvalue weighted by molar-refractivity contribution is 9.10. The topological polar surface area (TPSA) is 76.3 Å². The molecule has 2 N–H and O–H groups in total. The second kappa shape index (κ2) is 5.71. The molecule has 1 heterocycles. The van der Waals surface area contributed by atoms with Crippen molar-refractivity contribution in [2.75, 3.05) is 23.9 Å². The van der Waals surface area contributed by atoms with Gasteiger partial charge in [-0.2, -0.15) is 4.37 Å². The molecule has 0 atom stereocenters. The number of rotatable bonds is 4. The Morgan fingerprint density at radius 1 is 1.35 bits per heavy atom. The van der Waals surface area contributed by atoms with Gasteiger partial charge in [0.05, 0.1) is 0 Å². The van der Waals surface area contributed by atoms with Crippen molar-refractivity contribution in [2.45, 2.75) is 11.4 Å². The van der Waals surface area contributed by atoms with Crippen molar-refractivity contribution in [3.63, 3.8) is 0 Å². The van der Waals surface area contributed by atoms with E-state index in [0.29, 0.717) is 11.5 Å². The predicted octanol–water partition coefficient (Wildman–Crippen LogP) is 2.53. The van der Waals surface area contributed by atoms with Crippen LogP contribution in [0, 0.1) is 0 Å². The fourth-order valence-corrected chi connectivity index (χ4v) is 4.27. The van der Waals surface area contributed by atoms with Crippen LogP contribution in [-0.4, -0.2) is 26.1 Å². The monoisotopic (exact) mass is 375 g/mol. The zero-order valence-corrected chi connectivity index (χ0v) is 14.2. The molecule has 0 unspecified atom stereocenters. The molecule has 1 aromatic heterocycles. The zero-order valence-electron chi connectivity index (χ0n) is 11.0. The van der Waals surface area contributed by atoms with Gasteiger partial charge in [0.15, 0.2) is 15.7 Å². The van der Waals surface area contributed by atoms with Crippen LogP contribution in [0.4, 0.5) is 10.8 Å². The van der Waals surface area contributed by atoms with E-state index in [-0.39, 0.29) is 10.7 Å². The first-order chi connectivity index (χ1) is 9.29. The standard InChI is InChI=1S/C12H14BrN3O2S2/c1-16(7-8-3-5-9(13)6-4-8)12-10(20(2,17)18)11(14)15-19-12/h3-6H,7H2,1-2H3,(H2,14,15). The average Bonchev–Trinajstić information content (AvgIpc) is 2.74. The van der Waals surface area contributed by atoms with Gasteiger partial charge >= 0.3 is 0 Å². The first-order valence-electron chi connectivity index (χ1n) is 5.70. The van der Waals surface area contributed by atoms with Crippen molar-refractivity contribution in [3.8, 4) is 0 Å². The minimum Gasteiger partial charge on any atom is -0.382 e. The van der Waals surface area contributed by atoms with Gasteiger partial charge in [-0.15, -0.1) is 0 Å². The van der Waals surface area contributed by atoms with Crippen molar-refractivity contribution >= 4 is 48.1 Å². The molecule has 0 aliphatic heterocycles. The van der Waals surface area contributed by atoms with Crippen LogP contribution in [0.3, 0.4) is 0 Å². The first-order valence-corrected chi connectivity index (χ1v) is 9.15. The highest BCUT2D eigenvalue weighted by Gasteiger charge is 2.23. The van der Waals surface area contributed by atoms with E-state index in [9.17, 15) is 8.42 Å². The number of nitrogens with two attached hydrogens (primary N) is 1. The van der Waals surface area contributed by atoms with Gasteiger partial charge in [-0.1, -0.05) is 28.1 Å². The third kappa shape index (κ3) is 3.31. The van der Waals surface area contributed by atoms with Crippen LogP contribution < -0.4 is 10.6 Å². The van der Waals surface area contributed by atoms with E-state index in [1.807, 2.05) is 36.2 Å². The molecule has 2 rings (SSSR count). The van der Waals surface area contributed by atoms with E-state index < -0.39 is 9.84 Å². The second-order valence-corrected chi connectivity index (χ2v) is 8.08. The molecular weight excluding hydrogens is 362 g/mol. The van der Waals surface area contributed by atoms with E-state index in [1.54, 1.807) is 0 Å². The normalized spacial score (nSPS) is 11.6. The third-order valence-corrected chi connectivity index (χ3v) is 5.49. The summed E-state index contributed by atoms with van der Waals surface area (Å²) in [5.41, 5.74) is 6.74. The largest absolute Gasteiger partial charge is 0.382 e. The highest BCUT2D eigenvalue weighted by atomic mass is 79.9. The Morgan fingerprint density at radius 3 is 2.50 bits per heavy atom. The fraction of sp³-hybridized carbons (Fsp3) is 0.250. The molecule has 1 aromatic carbocycles. The number of anilines is 2. The summed E-state index contributed by atoms with van der Waals surface area (Å²) in [4.78, 5) is 1.95. The van der Waals surface area contributed by atoms with E-state index in [2.05, 4.69) is 20.3 Å². The number of benzene rings is 1. The highest BCUT2D eigenvalue weighted by Crippen LogP contribution is 2.34. The van der Waals surface area contributed by atoms with E-state index in [1.165, 1.54) is 0 Å². The maximum Gasteiger partial charge on any atom is 0.182 e. The lowest BCUT2D eigenvalue weighted by Gasteiger charge is -2.18. The molecule has 5 nitrogen and oxygen atoms in total. The summed E-state index contributed by atoms with van der Waals surface area (Å²) in [6.45, 7) is 0.581. The summed E-state index contributed by atoms with van der Waals surface area (Å²) in [5.74, 6) is 0.0650. The lowest BCUT2D eigenvalue weighted by Crippen LogP contribution is -2.17. The molecule has 0 aliphatic rings. The predicted molar refractivity (Wildman–Crippen MR) is 85.9 cm³/mol. The Labute approximate surface area is 130 Å². The minimum absolute atomic E-state index is 0.0650. The van der Waals surface area contributed by atoms with Crippen LogP contribution in [0.15, 0.2) is 33.6 Å². The number of hydrogen-bond acceptors (Lipinski definition) is 6. The SMILES string of the molecule is CN(Cc1ccc(Br)cc1)c1snc(N)c1S(C)(=O)=O. The molecule has 0 saturated heterocycles. The minimum atomic E-state index is -3.39. The molecule has 0 bridgehead atoms. The van der Waals surface area contributed by atoms with Gasteiger partial charge in [0, 0.05) is 24.3 Å². The molecule has 0 radical (unpaired) electrons. The fourth-order valence-electron chi connectivity index (χ4n) is 1.81. The lowest BCUT2D eigenvalue weighted by molar-refractivity contribution is 0.602. The van der Waals surface area contributed by atoms with E-state index >= 15 is 0 Å². The van der Waals surface area contributed by atoms with Crippen LogP contribution in [-0.2, 0) is 16.4 Å². The van der Waals surface area contributed by atoms with Crippen LogP contribution >= 0.6 is 27.5 Å². The average molecular weight is 376 g/mol. The number of aromatic nitrogens is 1. The van der Waals surface area contributed by atoms with Crippen LogP contribution in [0.5, 0.6) is 0 Å². The number of nitrogen functional groups attached to an aromatic ring is 1. The van der Waals surface area contributed by atoms with E-state index in [0.717, 1.165) is 27.8 Å². The van der Waals surface area contributed by atoms with Crippen molar-refractivity contribution in [1.29, 1.82) is 0 Å². The molecular formula is C12H14BrN3O2S2. The Balaban J connectivity index is 2.30. The molecule has 0 aliphatic carbocycles. The molecule has 108 valence electrons. The van der Waals surface area contributed by atoms with Gasteiger partial charge in [0.25, 0.3) is 0 Å². The molecule has 0 fully saturated rings. The molecule has 0 amide bonds. The Kier molecular flexibility index (Phi) is 4.36. The summed E-state index contributed by atoms with van der Waals surface area (Å²) < 4.78 is 28.5. The summed E-state index contributed by atoms with van der Waals surface area (Å²) in [5, 5.41) is 0.563. The molecule has 0 spiro atoms. The van der Waals surface area contributed by atoms with Gasteiger partial charge in [-0.05, 0) is 29.2 Å². The summed E-state index contributed by atoms with van der Waals surface area (Å²) in [6.07, 6.45) is 1.14. The Morgan fingerprint density at radius 2 is 1.95 bits per heavy atom. The maximum absolute atomic E-state index is 11.8. The third-order valence-electron chi connectivity index (χ3n) is 2.71.